The van der Waals surface area contributed by atoms with Gasteiger partial charge >= 0.3 is 12.0 Å². The van der Waals surface area contributed by atoms with E-state index in [9.17, 15) is 9.59 Å². The van der Waals surface area contributed by atoms with Crippen molar-refractivity contribution < 1.29 is 19.4 Å². The van der Waals surface area contributed by atoms with E-state index in [0.29, 0.717) is 13.0 Å². The van der Waals surface area contributed by atoms with Gasteiger partial charge in [0, 0.05) is 13.6 Å². The summed E-state index contributed by atoms with van der Waals surface area (Å²) in [6, 6.07) is 5.58. The Hall–Kier alpha value is -2.24. The number of hydrogen-bond acceptors (Lipinski definition) is 3. The van der Waals surface area contributed by atoms with Crippen LogP contribution >= 0.6 is 0 Å². The molecule has 2 rings (SSSR count). The molecule has 0 fully saturated rings. The van der Waals surface area contributed by atoms with Gasteiger partial charge in [-0.25, -0.2) is 4.79 Å². The number of para-hydroxylation sites is 1. The van der Waals surface area contributed by atoms with Gasteiger partial charge in [0.05, 0.1) is 12.0 Å². The highest BCUT2D eigenvalue weighted by atomic mass is 16.5. The van der Waals surface area contributed by atoms with Crippen LogP contribution in [0.15, 0.2) is 18.2 Å². The topological polar surface area (TPSA) is 78.9 Å². The molecular formula is C16H22N2O4. The summed E-state index contributed by atoms with van der Waals surface area (Å²) in [4.78, 5) is 24.3. The summed E-state index contributed by atoms with van der Waals surface area (Å²) in [5.74, 6) is -0.604. The van der Waals surface area contributed by atoms with Crippen molar-refractivity contribution in [3.63, 3.8) is 0 Å². The first kappa shape index (κ1) is 16.1. The highest BCUT2D eigenvalue weighted by Gasteiger charge is 2.24. The van der Waals surface area contributed by atoms with Crippen LogP contribution in [-0.2, 0) is 11.2 Å². The Morgan fingerprint density at radius 3 is 2.91 bits per heavy atom. The van der Waals surface area contributed by atoms with Gasteiger partial charge in [-0.1, -0.05) is 25.1 Å². The van der Waals surface area contributed by atoms with Gasteiger partial charge < -0.3 is 20.1 Å². The Labute approximate surface area is 130 Å². The highest BCUT2D eigenvalue weighted by molar-refractivity contribution is 5.76. The molecule has 2 unspecified atom stereocenters. The molecule has 2 N–H and O–H groups in total. The number of carbonyl (C=O) groups is 2. The third kappa shape index (κ3) is 3.69. The second-order valence-electron chi connectivity index (χ2n) is 5.84. The van der Waals surface area contributed by atoms with Crippen LogP contribution < -0.4 is 10.1 Å². The summed E-state index contributed by atoms with van der Waals surface area (Å²) in [5, 5.41) is 11.8. The zero-order chi connectivity index (χ0) is 16.3. The molecule has 1 aliphatic rings. The number of nitrogens with zero attached hydrogens (tertiary/aromatic N) is 1. The van der Waals surface area contributed by atoms with Crippen LogP contribution in [0.25, 0.3) is 0 Å². The molecule has 1 aliphatic heterocycles. The van der Waals surface area contributed by atoms with Gasteiger partial charge in [0.2, 0.25) is 0 Å². The molecule has 6 nitrogen and oxygen atoms in total. The molecule has 120 valence electrons. The average Bonchev–Trinajstić information content (AvgIpc) is 2.47. The highest BCUT2D eigenvalue weighted by Crippen LogP contribution is 2.28. The van der Waals surface area contributed by atoms with Crippen LogP contribution in [0.1, 0.15) is 18.1 Å². The second-order valence-corrected chi connectivity index (χ2v) is 5.84. The minimum absolute atomic E-state index is 0.107. The van der Waals surface area contributed by atoms with Crippen molar-refractivity contribution in [2.75, 3.05) is 20.2 Å². The van der Waals surface area contributed by atoms with Crippen LogP contribution in [-0.4, -0.2) is 48.2 Å². The molecule has 0 radical (unpaired) electrons. The lowest BCUT2D eigenvalue weighted by Gasteiger charge is -2.29. The number of rotatable bonds is 4. The Bertz CT molecular complexity index is 573. The van der Waals surface area contributed by atoms with Crippen molar-refractivity contribution in [3.05, 3.63) is 29.3 Å². The van der Waals surface area contributed by atoms with Gasteiger partial charge in [0.25, 0.3) is 0 Å². The number of carbonyl (C=O) groups excluding carboxylic acids is 1. The lowest BCUT2D eigenvalue weighted by atomic mass is 10.00. The molecule has 1 aromatic carbocycles. The summed E-state index contributed by atoms with van der Waals surface area (Å²) in [7, 11) is 1.59. The van der Waals surface area contributed by atoms with Crippen LogP contribution in [0.2, 0.25) is 0 Å². The molecule has 2 atom stereocenters. The van der Waals surface area contributed by atoms with E-state index >= 15 is 0 Å². The van der Waals surface area contributed by atoms with E-state index in [4.69, 9.17) is 9.84 Å². The van der Waals surface area contributed by atoms with Crippen molar-refractivity contribution in [3.8, 4) is 5.75 Å². The first-order chi connectivity index (χ1) is 10.4. The summed E-state index contributed by atoms with van der Waals surface area (Å²) < 4.78 is 5.74. The summed E-state index contributed by atoms with van der Waals surface area (Å²) in [6.07, 6.45) is 0.713. The third-order valence-electron chi connectivity index (χ3n) is 3.83. The molecule has 0 aliphatic carbocycles. The fraction of sp³-hybridized carbons (Fsp3) is 0.500. The molecule has 0 aromatic heterocycles. The summed E-state index contributed by atoms with van der Waals surface area (Å²) in [6.45, 7) is 4.17. The fourth-order valence-corrected chi connectivity index (χ4v) is 2.54. The van der Waals surface area contributed by atoms with Crippen LogP contribution in [0.5, 0.6) is 5.75 Å². The summed E-state index contributed by atoms with van der Waals surface area (Å²) in [5.41, 5.74) is 2.17. The largest absolute Gasteiger partial charge is 0.491 e. The molecule has 6 heteroatoms. The van der Waals surface area contributed by atoms with Gasteiger partial charge in [-0.05, 0) is 24.5 Å². The van der Waals surface area contributed by atoms with Gasteiger partial charge in [0.1, 0.15) is 12.4 Å². The molecular weight excluding hydrogens is 284 g/mol. The number of benzene rings is 1. The van der Waals surface area contributed by atoms with Gasteiger partial charge in [0.15, 0.2) is 0 Å². The predicted octanol–water partition coefficient (Wildman–Crippen LogP) is 1.66. The number of carboxylic acid groups (broad SMARTS) is 1. The van der Waals surface area contributed by atoms with E-state index in [0.717, 1.165) is 16.9 Å². The van der Waals surface area contributed by atoms with Crippen LogP contribution in [0.4, 0.5) is 4.79 Å². The van der Waals surface area contributed by atoms with Crippen LogP contribution in [0.3, 0.4) is 0 Å². The molecule has 2 amide bonds. The van der Waals surface area contributed by atoms with Gasteiger partial charge in [-0.3, -0.25) is 4.79 Å². The van der Waals surface area contributed by atoms with E-state index in [1.165, 1.54) is 4.90 Å². The van der Waals surface area contributed by atoms with Crippen molar-refractivity contribution in [1.82, 2.24) is 10.2 Å². The quantitative estimate of drug-likeness (QED) is 0.887. The number of carboxylic acids is 1. The van der Waals surface area contributed by atoms with E-state index in [1.54, 1.807) is 14.0 Å². The molecule has 1 aromatic rings. The maximum Gasteiger partial charge on any atom is 0.317 e. The zero-order valence-electron chi connectivity index (χ0n) is 13.1. The number of urea groups is 1. The lowest BCUT2D eigenvalue weighted by Crippen LogP contribution is -2.49. The molecule has 22 heavy (non-hydrogen) atoms. The SMILES string of the molecule is Cc1cccc2c1OCC(NC(=O)N(C)CC(C)C(=O)O)C2. The number of aliphatic carboxylic acids is 1. The van der Waals surface area contributed by atoms with Crippen molar-refractivity contribution >= 4 is 12.0 Å². The van der Waals surface area contributed by atoms with Crippen molar-refractivity contribution in [2.24, 2.45) is 5.92 Å². The number of fused-ring (bicyclic) bond motifs is 1. The molecule has 0 spiro atoms. The van der Waals surface area contributed by atoms with E-state index in [2.05, 4.69) is 5.32 Å². The van der Waals surface area contributed by atoms with Crippen LogP contribution in [0, 0.1) is 12.8 Å². The van der Waals surface area contributed by atoms with Crippen molar-refractivity contribution in [1.29, 1.82) is 0 Å². The number of aryl methyl sites for hydroxylation is 1. The minimum atomic E-state index is -0.912. The Kier molecular flexibility index (Phi) is 4.90. The zero-order valence-corrected chi connectivity index (χ0v) is 13.1. The molecule has 0 saturated heterocycles. The van der Waals surface area contributed by atoms with Crippen molar-refractivity contribution in [2.45, 2.75) is 26.3 Å². The number of amides is 2. The minimum Gasteiger partial charge on any atom is -0.491 e. The normalized spacial score (nSPS) is 17.9. The molecule has 0 saturated carbocycles. The predicted molar refractivity (Wildman–Crippen MR) is 82.1 cm³/mol. The van der Waals surface area contributed by atoms with E-state index in [1.807, 2.05) is 25.1 Å². The Balaban J connectivity index is 1.92. The monoisotopic (exact) mass is 306 g/mol. The van der Waals surface area contributed by atoms with E-state index < -0.39 is 11.9 Å². The first-order valence-corrected chi connectivity index (χ1v) is 7.34. The Morgan fingerprint density at radius 2 is 2.23 bits per heavy atom. The maximum atomic E-state index is 12.1. The summed E-state index contributed by atoms with van der Waals surface area (Å²) >= 11 is 0. The number of ether oxygens (including phenoxy) is 1. The standard InChI is InChI=1S/C16H22N2O4/c1-10-5-4-6-12-7-13(9-22-14(10)12)17-16(21)18(3)8-11(2)15(19)20/h4-6,11,13H,7-9H2,1-3H3,(H,17,21)(H,19,20). The fourth-order valence-electron chi connectivity index (χ4n) is 2.54. The first-order valence-electron chi connectivity index (χ1n) is 7.34. The number of nitrogens with one attached hydrogen (secondary N) is 1. The van der Waals surface area contributed by atoms with Gasteiger partial charge in [-0.2, -0.15) is 0 Å². The van der Waals surface area contributed by atoms with Gasteiger partial charge in [-0.15, -0.1) is 0 Å². The smallest absolute Gasteiger partial charge is 0.317 e. The second kappa shape index (κ2) is 6.68. The Morgan fingerprint density at radius 1 is 1.50 bits per heavy atom. The maximum absolute atomic E-state index is 12.1. The third-order valence-corrected chi connectivity index (χ3v) is 3.83. The molecule has 1 heterocycles. The lowest BCUT2D eigenvalue weighted by molar-refractivity contribution is -0.141. The number of hydrogen-bond donors (Lipinski definition) is 2. The molecule has 0 bridgehead atoms. The average molecular weight is 306 g/mol. The van der Waals surface area contributed by atoms with E-state index in [-0.39, 0.29) is 18.6 Å².